The summed E-state index contributed by atoms with van der Waals surface area (Å²) in [7, 11) is 0. The monoisotopic (exact) mass is 272 g/mol. The highest BCUT2D eigenvalue weighted by Gasteiger charge is 2.08. The van der Waals surface area contributed by atoms with E-state index in [4.69, 9.17) is 9.84 Å². The van der Waals surface area contributed by atoms with Crippen LogP contribution in [0.1, 0.15) is 84.5 Å². The Labute approximate surface area is 118 Å². The van der Waals surface area contributed by atoms with Crippen molar-refractivity contribution in [2.75, 3.05) is 6.61 Å². The highest BCUT2D eigenvalue weighted by atomic mass is 16.5. The van der Waals surface area contributed by atoms with Gasteiger partial charge in [-0.15, -0.1) is 0 Å². The highest BCUT2D eigenvalue weighted by Crippen LogP contribution is 2.11. The van der Waals surface area contributed by atoms with Gasteiger partial charge in [-0.3, -0.25) is 4.79 Å². The first-order valence-corrected chi connectivity index (χ1v) is 8.01. The Morgan fingerprint density at radius 1 is 1.00 bits per heavy atom. The second-order valence-electron chi connectivity index (χ2n) is 5.39. The van der Waals surface area contributed by atoms with Gasteiger partial charge in [0.25, 0.3) is 0 Å². The first-order chi connectivity index (χ1) is 9.20. The Hall–Kier alpha value is -0.570. The fraction of sp³-hybridized carbons (Fsp3) is 0.938. The van der Waals surface area contributed by atoms with Gasteiger partial charge in [-0.05, 0) is 13.3 Å². The van der Waals surface area contributed by atoms with Gasteiger partial charge in [0, 0.05) is 19.4 Å². The molecule has 0 rings (SSSR count). The van der Waals surface area contributed by atoms with Crippen LogP contribution in [0.4, 0.5) is 0 Å². The molecule has 0 heterocycles. The molecule has 0 unspecified atom stereocenters. The Kier molecular flexibility index (Phi) is 13.4. The topological polar surface area (TPSA) is 46.5 Å². The van der Waals surface area contributed by atoms with E-state index in [0.29, 0.717) is 12.8 Å². The maximum atomic E-state index is 11.4. The minimum atomic E-state index is -0.156. The number of hydrogen-bond acceptors (Lipinski definition) is 3. The van der Waals surface area contributed by atoms with Crippen molar-refractivity contribution in [3.8, 4) is 0 Å². The van der Waals surface area contributed by atoms with E-state index < -0.39 is 0 Å². The molecule has 1 atom stereocenters. The summed E-state index contributed by atoms with van der Waals surface area (Å²) < 4.78 is 5.16. The van der Waals surface area contributed by atoms with Crippen LogP contribution in [0.15, 0.2) is 0 Å². The van der Waals surface area contributed by atoms with E-state index in [2.05, 4.69) is 6.92 Å². The zero-order chi connectivity index (χ0) is 14.3. The lowest BCUT2D eigenvalue weighted by Crippen LogP contribution is -2.15. The number of aliphatic hydroxyl groups excluding tert-OH is 1. The Morgan fingerprint density at radius 2 is 1.53 bits per heavy atom. The molecular formula is C16H32O3. The summed E-state index contributed by atoms with van der Waals surface area (Å²) in [5.41, 5.74) is 0. The molecule has 114 valence electrons. The van der Waals surface area contributed by atoms with Crippen molar-refractivity contribution in [1.29, 1.82) is 0 Å². The molecule has 0 aliphatic carbocycles. The standard InChI is InChI=1S/C16H32O3/c1-3-4-5-6-7-8-9-10-11-12-16(18)19-15(2)13-14-17/h15,17H,3-14H2,1-2H3/t15-/m1/s1. The number of aliphatic hydroxyl groups is 1. The third-order valence-electron chi connectivity index (χ3n) is 3.35. The Balaban J connectivity index is 3.23. The smallest absolute Gasteiger partial charge is 0.306 e. The van der Waals surface area contributed by atoms with E-state index in [9.17, 15) is 4.79 Å². The fourth-order valence-corrected chi connectivity index (χ4v) is 2.10. The molecule has 0 bridgehead atoms. The molecule has 0 radical (unpaired) electrons. The van der Waals surface area contributed by atoms with E-state index in [-0.39, 0.29) is 18.7 Å². The first kappa shape index (κ1) is 18.4. The van der Waals surface area contributed by atoms with Crippen molar-refractivity contribution in [2.45, 2.75) is 90.6 Å². The van der Waals surface area contributed by atoms with Crippen LogP contribution in [0.25, 0.3) is 0 Å². The van der Waals surface area contributed by atoms with Crippen LogP contribution < -0.4 is 0 Å². The maximum Gasteiger partial charge on any atom is 0.306 e. The fourth-order valence-electron chi connectivity index (χ4n) is 2.10. The average molecular weight is 272 g/mol. The van der Waals surface area contributed by atoms with Gasteiger partial charge >= 0.3 is 5.97 Å². The predicted octanol–water partition coefficient (Wildman–Crippen LogP) is 4.22. The predicted molar refractivity (Wildman–Crippen MR) is 79.1 cm³/mol. The van der Waals surface area contributed by atoms with Crippen LogP contribution in [0.5, 0.6) is 0 Å². The van der Waals surface area contributed by atoms with Gasteiger partial charge in [-0.1, -0.05) is 58.3 Å². The van der Waals surface area contributed by atoms with E-state index in [0.717, 1.165) is 12.8 Å². The number of unbranched alkanes of at least 4 members (excludes halogenated alkanes) is 8. The number of carbonyl (C=O) groups is 1. The SMILES string of the molecule is CCCCCCCCCCCC(=O)O[C@H](C)CCO. The van der Waals surface area contributed by atoms with Crippen LogP contribution in [-0.4, -0.2) is 23.8 Å². The number of ether oxygens (including phenoxy) is 1. The summed E-state index contributed by atoms with van der Waals surface area (Å²) in [5, 5.41) is 8.71. The zero-order valence-electron chi connectivity index (χ0n) is 12.8. The zero-order valence-corrected chi connectivity index (χ0v) is 12.8. The quantitative estimate of drug-likeness (QED) is 0.403. The van der Waals surface area contributed by atoms with Crippen molar-refractivity contribution in [3.63, 3.8) is 0 Å². The molecule has 0 saturated carbocycles. The van der Waals surface area contributed by atoms with Crippen molar-refractivity contribution in [3.05, 3.63) is 0 Å². The average Bonchev–Trinajstić information content (AvgIpc) is 2.37. The second-order valence-corrected chi connectivity index (χ2v) is 5.39. The number of esters is 1. The van der Waals surface area contributed by atoms with Gasteiger partial charge in [-0.25, -0.2) is 0 Å². The van der Waals surface area contributed by atoms with Crippen LogP contribution in [0, 0.1) is 0 Å². The molecule has 0 fully saturated rings. The second kappa shape index (κ2) is 13.9. The Bertz CT molecular complexity index is 204. The summed E-state index contributed by atoms with van der Waals surface area (Å²) in [6, 6.07) is 0. The number of carbonyl (C=O) groups excluding carboxylic acids is 1. The summed E-state index contributed by atoms with van der Waals surface area (Å²) in [5.74, 6) is -0.121. The summed E-state index contributed by atoms with van der Waals surface area (Å²) in [6.45, 7) is 4.14. The molecule has 0 aromatic heterocycles. The molecule has 0 aromatic rings. The molecule has 0 aromatic carbocycles. The summed E-state index contributed by atoms with van der Waals surface area (Å²) in [4.78, 5) is 11.4. The van der Waals surface area contributed by atoms with Crippen LogP contribution in [-0.2, 0) is 9.53 Å². The van der Waals surface area contributed by atoms with Crippen LogP contribution >= 0.6 is 0 Å². The first-order valence-electron chi connectivity index (χ1n) is 8.01. The Morgan fingerprint density at radius 3 is 2.05 bits per heavy atom. The lowest BCUT2D eigenvalue weighted by atomic mass is 10.1. The minimum Gasteiger partial charge on any atom is -0.463 e. The molecule has 3 heteroatoms. The van der Waals surface area contributed by atoms with Crippen molar-refractivity contribution >= 4 is 5.97 Å². The molecule has 1 N–H and O–H groups in total. The van der Waals surface area contributed by atoms with Gasteiger partial charge in [0.1, 0.15) is 6.10 Å². The molecule has 0 aliphatic heterocycles. The lowest BCUT2D eigenvalue weighted by Gasteiger charge is -2.11. The molecule has 0 spiro atoms. The largest absolute Gasteiger partial charge is 0.463 e. The molecule has 0 saturated heterocycles. The van der Waals surface area contributed by atoms with Gasteiger partial charge in [-0.2, -0.15) is 0 Å². The van der Waals surface area contributed by atoms with Crippen molar-refractivity contribution in [2.24, 2.45) is 0 Å². The van der Waals surface area contributed by atoms with E-state index >= 15 is 0 Å². The number of hydrogen-bond donors (Lipinski definition) is 1. The third-order valence-corrected chi connectivity index (χ3v) is 3.35. The summed E-state index contributed by atoms with van der Waals surface area (Å²) >= 11 is 0. The van der Waals surface area contributed by atoms with Crippen molar-refractivity contribution in [1.82, 2.24) is 0 Å². The molecular weight excluding hydrogens is 240 g/mol. The van der Waals surface area contributed by atoms with E-state index in [1.54, 1.807) is 0 Å². The van der Waals surface area contributed by atoms with E-state index in [1.807, 2.05) is 6.92 Å². The molecule has 0 aliphatic rings. The highest BCUT2D eigenvalue weighted by molar-refractivity contribution is 5.69. The summed E-state index contributed by atoms with van der Waals surface area (Å²) in [6.07, 6.45) is 12.2. The third kappa shape index (κ3) is 13.7. The molecule has 0 amide bonds. The molecule has 19 heavy (non-hydrogen) atoms. The minimum absolute atomic E-state index is 0.0759. The van der Waals surface area contributed by atoms with Gasteiger partial charge in [0.15, 0.2) is 0 Å². The molecule has 3 nitrogen and oxygen atoms in total. The van der Waals surface area contributed by atoms with Gasteiger partial charge in [0.2, 0.25) is 0 Å². The normalized spacial score (nSPS) is 12.4. The maximum absolute atomic E-state index is 11.4. The van der Waals surface area contributed by atoms with Gasteiger partial charge < -0.3 is 9.84 Å². The van der Waals surface area contributed by atoms with Gasteiger partial charge in [0.05, 0.1) is 0 Å². The lowest BCUT2D eigenvalue weighted by molar-refractivity contribution is -0.148. The van der Waals surface area contributed by atoms with Crippen LogP contribution in [0.3, 0.4) is 0 Å². The van der Waals surface area contributed by atoms with Crippen molar-refractivity contribution < 1.29 is 14.6 Å². The van der Waals surface area contributed by atoms with Crippen LogP contribution in [0.2, 0.25) is 0 Å². The van der Waals surface area contributed by atoms with E-state index in [1.165, 1.54) is 44.9 Å². The number of rotatable bonds is 13.